The zero-order valence-electron chi connectivity index (χ0n) is 10.2. The predicted molar refractivity (Wildman–Crippen MR) is 65.2 cm³/mol. The third-order valence-electron chi connectivity index (χ3n) is 3.60. The highest BCUT2D eigenvalue weighted by Gasteiger charge is 2.20. The number of fused-ring (bicyclic) bond motifs is 1. The molecule has 3 nitrogen and oxygen atoms in total. The molecule has 2 rings (SSSR count). The number of hydrogen-bond donors (Lipinski definition) is 1. The van der Waals surface area contributed by atoms with Crippen LogP contribution in [-0.2, 0) is 6.42 Å². The molecule has 0 fully saturated rings. The Morgan fingerprint density at radius 3 is 2.88 bits per heavy atom. The molecule has 2 N–H and O–H groups in total. The molecule has 0 amide bonds. The van der Waals surface area contributed by atoms with E-state index in [2.05, 4.69) is 18.8 Å². The van der Waals surface area contributed by atoms with Gasteiger partial charge >= 0.3 is 0 Å². The average Bonchev–Trinajstić information content (AvgIpc) is 2.31. The molecule has 1 aromatic heterocycles. The van der Waals surface area contributed by atoms with Crippen LogP contribution in [0.25, 0.3) is 0 Å². The monoisotopic (exact) mass is 219 g/mol. The number of nitrogens with two attached hydrogens (primary N) is 1. The second kappa shape index (κ2) is 4.91. The predicted octanol–water partition coefficient (Wildman–Crippen LogP) is 2.72. The molecule has 1 unspecified atom stereocenters. The summed E-state index contributed by atoms with van der Waals surface area (Å²) in [6.45, 7) is 4.39. The van der Waals surface area contributed by atoms with Crippen molar-refractivity contribution in [2.45, 2.75) is 57.9 Å². The third-order valence-corrected chi connectivity index (χ3v) is 3.60. The second-order valence-corrected chi connectivity index (χ2v) is 4.64. The molecule has 0 bridgehead atoms. The topological polar surface area (TPSA) is 51.8 Å². The van der Waals surface area contributed by atoms with E-state index >= 15 is 0 Å². The van der Waals surface area contributed by atoms with E-state index in [1.54, 1.807) is 0 Å². The number of aryl methyl sites for hydroxylation is 1. The molecular formula is C13H21N3. The quantitative estimate of drug-likeness (QED) is 0.850. The van der Waals surface area contributed by atoms with Crippen molar-refractivity contribution in [2.75, 3.05) is 0 Å². The lowest BCUT2D eigenvalue weighted by Gasteiger charge is -2.22. The van der Waals surface area contributed by atoms with Crippen LogP contribution in [0, 0.1) is 0 Å². The summed E-state index contributed by atoms with van der Waals surface area (Å²) >= 11 is 0. The molecule has 0 spiro atoms. The van der Waals surface area contributed by atoms with Crippen molar-refractivity contribution in [3.05, 3.63) is 23.3 Å². The average molecular weight is 219 g/mol. The van der Waals surface area contributed by atoms with Crippen LogP contribution in [-0.4, -0.2) is 9.97 Å². The molecule has 1 atom stereocenters. The number of aromatic nitrogens is 2. The van der Waals surface area contributed by atoms with Gasteiger partial charge in [0, 0.05) is 29.4 Å². The fourth-order valence-electron chi connectivity index (χ4n) is 2.45. The largest absolute Gasteiger partial charge is 0.324 e. The Hall–Kier alpha value is -0.960. The lowest BCUT2D eigenvalue weighted by Crippen LogP contribution is -2.20. The summed E-state index contributed by atoms with van der Waals surface area (Å²) in [5, 5.41) is 0. The van der Waals surface area contributed by atoms with Gasteiger partial charge in [-0.15, -0.1) is 0 Å². The van der Waals surface area contributed by atoms with E-state index in [1.807, 2.05) is 6.20 Å². The van der Waals surface area contributed by atoms with Crippen molar-refractivity contribution in [3.63, 3.8) is 0 Å². The van der Waals surface area contributed by atoms with Gasteiger partial charge in [0.15, 0.2) is 0 Å². The standard InChI is InChI=1S/C13H21N3/c1-3-9(4-2)13-15-8-10-11(14)6-5-7-12(10)16-13/h8-9,11H,3-7,14H2,1-2H3. The van der Waals surface area contributed by atoms with Gasteiger partial charge in [0.25, 0.3) is 0 Å². The van der Waals surface area contributed by atoms with E-state index in [9.17, 15) is 0 Å². The van der Waals surface area contributed by atoms with Crippen LogP contribution in [0.1, 0.15) is 68.6 Å². The SMILES string of the molecule is CCC(CC)c1ncc2c(n1)CCCC2N. The number of hydrogen-bond acceptors (Lipinski definition) is 3. The van der Waals surface area contributed by atoms with Gasteiger partial charge in [-0.05, 0) is 32.1 Å². The van der Waals surface area contributed by atoms with Gasteiger partial charge < -0.3 is 5.73 Å². The molecule has 0 aliphatic heterocycles. The van der Waals surface area contributed by atoms with Gasteiger partial charge in [0.05, 0.1) is 0 Å². The van der Waals surface area contributed by atoms with Crippen molar-refractivity contribution >= 4 is 0 Å². The van der Waals surface area contributed by atoms with Gasteiger partial charge in [-0.1, -0.05) is 13.8 Å². The fraction of sp³-hybridized carbons (Fsp3) is 0.692. The second-order valence-electron chi connectivity index (χ2n) is 4.64. The van der Waals surface area contributed by atoms with Crippen LogP contribution in [0.3, 0.4) is 0 Å². The normalized spacial score (nSPS) is 19.9. The Bertz CT molecular complexity index is 358. The van der Waals surface area contributed by atoms with Crippen LogP contribution in [0.5, 0.6) is 0 Å². The summed E-state index contributed by atoms with van der Waals surface area (Å²) in [5.74, 6) is 1.52. The zero-order valence-corrected chi connectivity index (χ0v) is 10.2. The van der Waals surface area contributed by atoms with E-state index < -0.39 is 0 Å². The van der Waals surface area contributed by atoms with Gasteiger partial charge in [-0.25, -0.2) is 9.97 Å². The summed E-state index contributed by atoms with van der Waals surface area (Å²) in [5.41, 5.74) is 8.42. The fourth-order valence-corrected chi connectivity index (χ4v) is 2.45. The smallest absolute Gasteiger partial charge is 0.131 e. The highest BCUT2D eigenvalue weighted by molar-refractivity contribution is 5.24. The van der Waals surface area contributed by atoms with E-state index in [4.69, 9.17) is 10.7 Å². The molecule has 3 heteroatoms. The first kappa shape index (κ1) is 11.5. The number of nitrogens with zero attached hydrogens (tertiary/aromatic N) is 2. The maximum Gasteiger partial charge on any atom is 0.131 e. The van der Waals surface area contributed by atoms with Crippen LogP contribution >= 0.6 is 0 Å². The Labute approximate surface area is 97.5 Å². The highest BCUT2D eigenvalue weighted by atomic mass is 14.9. The number of rotatable bonds is 3. The summed E-state index contributed by atoms with van der Waals surface area (Å²) in [6, 6.07) is 0.152. The van der Waals surface area contributed by atoms with E-state index in [0.717, 1.165) is 37.9 Å². The first-order valence-electron chi connectivity index (χ1n) is 6.37. The molecule has 1 aliphatic rings. The molecule has 0 radical (unpaired) electrons. The minimum atomic E-state index is 0.152. The lowest BCUT2D eigenvalue weighted by atomic mass is 9.92. The molecule has 0 aromatic carbocycles. The molecule has 0 saturated heterocycles. The lowest BCUT2D eigenvalue weighted by molar-refractivity contribution is 0.538. The summed E-state index contributed by atoms with van der Waals surface area (Å²) in [6.07, 6.45) is 7.48. The maximum atomic E-state index is 6.06. The molecule has 1 aromatic rings. The molecule has 1 heterocycles. The van der Waals surface area contributed by atoms with Crippen LogP contribution in [0.15, 0.2) is 6.20 Å². The summed E-state index contributed by atoms with van der Waals surface area (Å²) in [4.78, 5) is 9.21. The van der Waals surface area contributed by atoms with Crippen molar-refractivity contribution < 1.29 is 0 Å². The van der Waals surface area contributed by atoms with Gasteiger partial charge in [0.2, 0.25) is 0 Å². The van der Waals surface area contributed by atoms with Crippen molar-refractivity contribution in [2.24, 2.45) is 5.73 Å². The Morgan fingerprint density at radius 1 is 1.44 bits per heavy atom. The van der Waals surface area contributed by atoms with E-state index in [-0.39, 0.29) is 6.04 Å². The van der Waals surface area contributed by atoms with Crippen molar-refractivity contribution in [3.8, 4) is 0 Å². The summed E-state index contributed by atoms with van der Waals surface area (Å²) in [7, 11) is 0. The van der Waals surface area contributed by atoms with Crippen LogP contribution in [0.4, 0.5) is 0 Å². The Morgan fingerprint density at radius 2 is 2.19 bits per heavy atom. The van der Waals surface area contributed by atoms with Crippen LogP contribution < -0.4 is 5.73 Å². The van der Waals surface area contributed by atoms with Crippen LogP contribution in [0.2, 0.25) is 0 Å². The Kier molecular flexibility index (Phi) is 3.54. The summed E-state index contributed by atoms with van der Waals surface area (Å²) < 4.78 is 0. The van der Waals surface area contributed by atoms with Gasteiger partial charge in [0.1, 0.15) is 5.82 Å². The third kappa shape index (κ3) is 2.09. The molecule has 1 aliphatic carbocycles. The van der Waals surface area contributed by atoms with Crippen molar-refractivity contribution in [1.82, 2.24) is 9.97 Å². The minimum absolute atomic E-state index is 0.152. The van der Waals surface area contributed by atoms with Gasteiger partial charge in [-0.3, -0.25) is 0 Å². The highest BCUT2D eigenvalue weighted by Crippen LogP contribution is 2.28. The first-order valence-corrected chi connectivity index (χ1v) is 6.37. The first-order chi connectivity index (χ1) is 7.76. The van der Waals surface area contributed by atoms with E-state index in [1.165, 1.54) is 11.3 Å². The molecule has 0 saturated carbocycles. The van der Waals surface area contributed by atoms with Crippen molar-refractivity contribution in [1.29, 1.82) is 0 Å². The van der Waals surface area contributed by atoms with Gasteiger partial charge in [-0.2, -0.15) is 0 Å². The zero-order chi connectivity index (χ0) is 11.5. The Balaban J connectivity index is 2.31. The maximum absolute atomic E-state index is 6.06. The minimum Gasteiger partial charge on any atom is -0.324 e. The molecular weight excluding hydrogens is 198 g/mol. The van der Waals surface area contributed by atoms with E-state index in [0.29, 0.717) is 5.92 Å². The molecule has 88 valence electrons. The molecule has 16 heavy (non-hydrogen) atoms.